The molecule has 5 heteroatoms. The lowest BCUT2D eigenvalue weighted by atomic mass is 10.1. The van der Waals surface area contributed by atoms with Crippen molar-refractivity contribution in [2.24, 2.45) is 0 Å². The molecular formula is C18H24O5. The second kappa shape index (κ2) is 12.0. The van der Waals surface area contributed by atoms with E-state index < -0.39 is 5.97 Å². The number of rotatable bonds is 7. The fraction of sp³-hybridized carbons (Fsp3) is 0.333. The number of carboxylic acid groups (broad SMARTS) is 1. The highest BCUT2D eigenvalue weighted by Crippen LogP contribution is 2.27. The van der Waals surface area contributed by atoms with E-state index in [0.29, 0.717) is 25.2 Å². The molecule has 0 saturated carbocycles. The van der Waals surface area contributed by atoms with Crippen LogP contribution in [0.1, 0.15) is 32.8 Å². The van der Waals surface area contributed by atoms with E-state index in [1.54, 1.807) is 37.3 Å². The molecule has 0 aliphatic carbocycles. The molecule has 0 amide bonds. The van der Waals surface area contributed by atoms with Gasteiger partial charge in [0.15, 0.2) is 11.5 Å². The predicted molar refractivity (Wildman–Crippen MR) is 89.9 cm³/mol. The highest BCUT2D eigenvalue weighted by atomic mass is 16.5. The fourth-order valence-electron chi connectivity index (χ4n) is 1.55. The molecule has 0 atom stereocenters. The minimum absolute atomic E-state index is 0.142. The van der Waals surface area contributed by atoms with Gasteiger partial charge in [-0.25, -0.2) is 4.79 Å². The fourth-order valence-corrected chi connectivity index (χ4v) is 1.55. The van der Waals surface area contributed by atoms with E-state index in [0.717, 1.165) is 11.6 Å². The Morgan fingerprint density at radius 3 is 2.48 bits per heavy atom. The molecule has 0 spiro atoms. The number of Topliss-reactive ketones (excluding diaryl/α,β-unsaturated/α-hetero) is 1. The summed E-state index contributed by atoms with van der Waals surface area (Å²) in [6.07, 6.45) is 7.20. The molecular weight excluding hydrogens is 296 g/mol. The highest BCUT2D eigenvalue weighted by Gasteiger charge is 2.04. The van der Waals surface area contributed by atoms with Crippen molar-refractivity contribution < 1.29 is 24.5 Å². The molecule has 0 radical (unpaired) electrons. The summed E-state index contributed by atoms with van der Waals surface area (Å²) in [4.78, 5) is 20.6. The number of ketones is 1. The second-order valence-corrected chi connectivity index (χ2v) is 4.66. The van der Waals surface area contributed by atoms with Gasteiger partial charge >= 0.3 is 5.97 Å². The van der Waals surface area contributed by atoms with Crippen LogP contribution in [0, 0.1) is 0 Å². The number of phenolic OH excluding ortho intramolecular Hbond substituents is 1. The van der Waals surface area contributed by atoms with E-state index in [4.69, 9.17) is 9.84 Å². The predicted octanol–water partition coefficient (Wildman–Crippen LogP) is 3.52. The summed E-state index contributed by atoms with van der Waals surface area (Å²) >= 11 is 0. The SMILES string of the molecule is C/C=C/C=C/C(=O)O.CCOc1cc(CCC(C)=O)ccc1O. The number of carbonyl (C=O) groups is 2. The van der Waals surface area contributed by atoms with Gasteiger partial charge in [-0.1, -0.05) is 24.3 Å². The molecule has 0 heterocycles. The van der Waals surface area contributed by atoms with Crippen LogP contribution >= 0.6 is 0 Å². The minimum atomic E-state index is -0.914. The van der Waals surface area contributed by atoms with Crippen LogP contribution in [0.15, 0.2) is 42.5 Å². The molecule has 1 rings (SSSR count). The van der Waals surface area contributed by atoms with Crippen molar-refractivity contribution in [2.45, 2.75) is 33.6 Å². The van der Waals surface area contributed by atoms with E-state index in [2.05, 4.69) is 0 Å². The average molecular weight is 320 g/mol. The molecule has 0 aliphatic rings. The van der Waals surface area contributed by atoms with Gasteiger partial charge in [-0.3, -0.25) is 0 Å². The largest absolute Gasteiger partial charge is 0.504 e. The Kier molecular flexibility index (Phi) is 10.7. The number of allylic oxidation sites excluding steroid dienone is 3. The van der Waals surface area contributed by atoms with Gasteiger partial charge in [-0.05, 0) is 44.9 Å². The number of aryl methyl sites for hydroxylation is 1. The molecule has 0 fully saturated rings. The smallest absolute Gasteiger partial charge is 0.328 e. The van der Waals surface area contributed by atoms with Crippen molar-refractivity contribution in [2.75, 3.05) is 6.61 Å². The number of hydrogen-bond donors (Lipinski definition) is 2. The third-order valence-corrected chi connectivity index (χ3v) is 2.63. The molecule has 5 nitrogen and oxygen atoms in total. The van der Waals surface area contributed by atoms with Gasteiger partial charge in [0.05, 0.1) is 6.61 Å². The summed E-state index contributed by atoms with van der Waals surface area (Å²) in [5.41, 5.74) is 1.01. The molecule has 0 aromatic heterocycles. The van der Waals surface area contributed by atoms with E-state index in [1.165, 1.54) is 6.08 Å². The molecule has 0 saturated heterocycles. The van der Waals surface area contributed by atoms with E-state index in [1.807, 2.05) is 13.8 Å². The monoisotopic (exact) mass is 320 g/mol. The summed E-state index contributed by atoms with van der Waals surface area (Å²) in [5, 5.41) is 17.5. The number of ether oxygens (including phenoxy) is 1. The van der Waals surface area contributed by atoms with Crippen LogP contribution in [-0.4, -0.2) is 28.6 Å². The Hall–Kier alpha value is -2.56. The van der Waals surface area contributed by atoms with Gasteiger partial charge in [-0.2, -0.15) is 0 Å². The van der Waals surface area contributed by atoms with Gasteiger partial charge < -0.3 is 19.7 Å². The number of benzene rings is 1. The van der Waals surface area contributed by atoms with E-state index in [9.17, 15) is 14.7 Å². The van der Waals surface area contributed by atoms with E-state index in [-0.39, 0.29) is 11.5 Å². The maximum Gasteiger partial charge on any atom is 0.328 e. The molecule has 0 bridgehead atoms. The molecule has 0 unspecified atom stereocenters. The van der Waals surface area contributed by atoms with Crippen molar-refractivity contribution in [1.29, 1.82) is 0 Å². The Labute approximate surface area is 136 Å². The number of carbonyl (C=O) groups excluding carboxylic acids is 1. The Morgan fingerprint density at radius 1 is 1.26 bits per heavy atom. The maximum absolute atomic E-state index is 10.8. The quantitative estimate of drug-likeness (QED) is 0.593. The normalized spacial score (nSPS) is 10.4. The van der Waals surface area contributed by atoms with Crippen LogP contribution in [0.2, 0.25) is 0 Å². The first-order valence-corrected chi connectivity index (χ1v) is 7.37. The summed E-state index contributed by atoms with van der Waals surface area (Å²) in [6.45, 7) is 5.78. The Bertz CT molecular complexity index is 559. The van der Waals surface area contributed by atoms with Crippen LogP contribution in [0.5, 0.6) is 11.5 Å². The second-order valence-electron chi connectivity index (χ2n) is 4.66. The number of aromatic hydroxyl groups is 1. The summed E-state index contributed by atoms with van der Waals surface area (Å²) in [6, 6.07) is 5.18. The van der Waals surface area contributed by atoms with Gasteiger partial charge in [0.2, 0.25) is 0 Å². The molecule has 126 valence electrons. The number of aliphatic carboxylic acids is 1. The molecule has 2 N–H and O–H groups in total. The van der Waals surface area contributed by atoms with Gasteiger partial charge in [-0.15, -0.1) is 0 Å². The molecule has 1 aromatic carbocycles. The summed E-state index contributed by atoms with van der Waals surface area (Å²) in [5.74, 6) is -0.119. The topological polar surface area (TPSA) is 83.8 Å². The van der Waals surface area contributed by atoms with E-state index >= 15 is 0 Å². The maximum atomic E-state index is 10.8. The number of carboxylic acids is 1. The minimum Gasteiger partial charge on any atom is -0.504 e. The van der Waals surface area contributed by atoms with Crippen LogP contribution in [-0.2, 0) is 16.0 Å². The first-order chi connectivity index (χ1) is 10.9. The van der Waals surface area contributed by atoms with Crippen LogP contribution in [0.3, 0.4) is 0 Å². The van der Waals surface area contributed by atoms with Crippen LogP contribution in [0.25, 0.3) is 0 Å². The molecule has 1 aromatic rings. The van der Waals surface area contributed by atoms with Crippen molar-refractivity contribution in [3.8, 4) is 11.5 Å². The standard InChI is InChI=1S/C12H16O3.C6H8O2/c1-3-15-12-8-10(5-4-9(2)13)6-7-11(12)14;1-2-3-4-5-6(7)8/h6-8,14H,3-5H2,1-2H3;2-5H,1H3,(H,7,8)/b;3-2+,5-4+. The highest BCUT2D eigenvalue weighted by molar-refractivity contribution is 5.80. The van der Waals surface area contributed by atoms with Crippen LogP contribution < -0.4 is 4.74 Å². The van der Waals surface area contributed by atoms with Crippen molar-refractivity contribution in [3.05, 3.63) is 48.1 Å². The third-order valence-electron chi connectivity index (χ3n) is 2.63. The summed E-state index contributed by atoms with van der Waals surface area (Å²) in [7, 11) is 0. The lowest BCUT2D eigenvalue weighted by molar-refractivity contribution is -0.131. The van der Waals surface area contributed by atoms with Crippen molar-refractivity contribution in [1.82, 2.24) is 0 Å². The van der Waals surface area contributed by atoms with Gasteiger partial charge in [0, 0.05) is 12.5 Å². The lowest BCUT2D eigenvalue weighted by Crippen LogP contribution is -1.96. The Balaban J connectivity index is 0.000000515. The summed E-state index contributed by atoms with van der Waals surface area (Å²) < 4.78 is 5.25. The Morgan fingerprint density at radius 2 is 1.96 bits per heavy atom. The van der Waals surface area contributed by atoms with Crippen LogP contribution in [0.4, 0.5) is 0 Å². The number of phenols is 1. The first kappa shape index (κ1) is 20.4. The third kappa shape index (κ3) is 10.8. The zero-order chi connectivity index (χ0) is 17.7. The molecule has 0 aliphatic heterocycles. The van der Waals surface area contributed by atoms with Gasteiger partial charge in [0.25, 0.3) is 0 Å². The zero-order valence-electron chi connectivity index (χ0n) is 13.8. The lowest BCUT2D eigenvalue weighted by Gasteiger charge is -2.07. The van der Waals surface area contributed by atoms with Crippen molar-refractivity contribution >= 4 is 11.8 Å². The van der Waals surface area contributed by atoms with Crippen molar-refractivity contribution in [3.63, 3.8) is 0 Å². The first-order valence-electron chi connectivity index (χ1n) is 7.37. The molecule has 23 heavy (non-hydrogen) atoms. The zero-order valence-corrected chi connectivity index (χ0v) is 13.8. The average Bonchev–Trinajstić information content (AvgIpc) is 2.49. The number of hydrogen-bond acceptors (Lipinski definition) is 4. The van der Waals surface area contributed by atoms with Gasteiger partial charge in [0.1, 0.15) is 5.78 Å².